The molecule has 0 bridgehead atoms. The summed E-state index contributed by atoms with van der Waals surface area (Å²) in [6.07, 6.45) is 1.32. The number of benzene rings is 1. The summed E-state index contributed by atoms with van der Waals surface area (Å²) >= 11 is 0. The highest BCUT2D eigenvalue weighted by Gasteiger charge is 2.13. The quantitative estimate of drug-likeness (QED) is 0.870. The molecule has 108 valence electrons. The zero-order chi connectivity index (χ0) is 15.4. The van der Waals surface area contributed by atoms with Crippen LogP contribution in [0.5, 0.6) is 5.75 Å². The summed E-state index contributed by atoms with van der Waals surface area (Å²) in [5.41, 5.74) is 4.99. The van der Waals surface area contributed by atoms with Crippen LogP contribution < -0.4 is 10.5 Å². The van der Waals surface area contributed by atoms with Crippen LogP contribution in [-0.2, 0) is 6.61 Å². The van der Waals surface area contributed by atoms with Crippen LogP contribution in [0.4, 0.5) is 4.39 Å². The monoisotopic (exact) mass is 290 g/mol. The summed E-state index contributed by atoms with van der Waals surface area (Å²) in [5, 5.41) is 8.95. The largest absolute Gasteiger partial charge is 0.486 e. The number of carbonyl (C=O) groups excluding carboxylic acids is 1. The molecule has 0 spiro atoms. The predicted octanol–water partition coefficient (Wildman–Crippen LogP) is 1.60. The van der Waals surface area contributed by atoms with E-state index in [1.54, 1.807) is 0 Å². The predicted molar refractivity (Wildman–Crippen MR) is 70.4 cm³/mol. The average molecular weight is 290 g/mol. The molecule has 1 heterocycles. The second kappa shape index (κ2) is 6.00. The number of rotatable bonds is 5. The molecular weight excluding hydrogens is 279 g/mol. The first kappa shape index (κ1) is 14.4. The van der Waals surface area contributed by atoms with Crippen LogP contribution in [0.25, 0.3) is 0 Å². The van der Waals surface area contributed by atoms with Gasteiger partial charge < -0.3 is 15.6 Å². The summed E-state index contributed by atoms with van der Waals surface area (Å²) < 4.78 is 19.0. The lowest BCUT2D eigenvalue weighted by Gasteiger charge is -2.09. The normalized spacial score (nSPS) is 10.1. The van der Waals surface area contributed by atoms with Gasteiger partial charge in [-0.05, 0) is 24.3 Å². The molecule has 1 amide bonds. The number of primary amides is 1. The molecule has 21 heavy (non-hydrogen) atoms. The molecule has 0 aliphatic carbocycles. The maximum atomic E-state index is 13.8. The maximum absolute atomic E-state index is 13.8. The van der Waals surface area contributed by atoms with Crippen molar-refractivity contribution in [1.82, 2.24) is 4.98 Å². The summed E-state index contributed by atoms with van der Waals surface area (Å²) in [4.78, 5) is 25.5. The molecule has 7 heteroatoms. The molecule has 0 aliphatic rings. The van der Waals surface area contributed by atoms with Gasteiger partial charge in [0.2, 0.25) is 5.91 Å². The molecule has 1 aromatic heterocycles. The molecule has 0 saturated carbocycles. The lowest BCUT2D eigenvalue weighted by atomic mass is 10.1. The Labute approximate surface area is 119 Å². The molecule has 2 rings (SSSR count). The number of amides is 1. The zero-order valence-corrected chi connectivity index (χ0v) is 10.7. The van der Waals surface area contributed by atoms with Crippen molar-refractivity contribution in [3.8, 4) is 5.75 Å². The molecule has 0 fully saturated rings. The van der Waals surface area contributed by atoms with Gasteiger partial charge in [0, 0.05) is 17.3 Å². The topological polar surface area (TPSA) is 103 Å². The Bertz CT molecular complexity index is 703. The van der Waals surface area contributed by atoms with Crippen molar-refractivity contribution in [2.75, 3.05) is 0 Å². The number of hydrogen-bond donors (Lipinski definition) is 2. The number of carbonyl (C=O) groups is 2. The molecule has 3 N–H and O–H groups in total. The number of hydrogen-bond acceptors (Lipinski definition) is 4. The second-order valence-electron chi connectivity index (χ2n) is 4.11. The SMILES string of the molecule is NC(=O)c1ccc(COc2cccnc2C(=O)O)c(F)c1. The smallest absolute Gasteiger partial charge is 0.358 e. The van der Waals surface area contributed by atoms with Gasteiger partial charge in [0.1, 0.15) is 12.4 Å². The highest BCUT2D eigenvalue weighted by molar-refractivity contribution is 5.92. The van der Waals surface area contributed by atoms with Crippen LogP contribution in [0.3, 0.4) is 0 Å². The number of carboxylic acids is 1. The van der Waals surface area contributed by atoms with Gasteiger partial charge in [-0.25, -0.2) is 14.2 Å². The molecule has 0 atom stereocenters. The van der Waals surface area contributed by atoms with Crippen molar-refractivity contribution in [3.05, 3.63) is 59.2 Å². The Kier molecular flexibility index (Phi) is 4.13. The van der Waals surface area contributed by atoms with Gasteiger partial charge in [0.15, 0.2) is 11.4 Å². The Balaban J connectivity index is 2.17. The number of nitrogens with two attached hydrogens (primary N) is 1. The number of pyridine rings is 1. The third kappa shape index (κ3) is 3.33. The molecule has 1 aromatic carbocycles. The minimum absolute atomic E-state index is 0.0309. The summed E-state index contributed by atoms with van der Waals surface area (Å²) in [6, 6.07) is 6.65. The third-order valence-corrected chi connectivity index (χ3v) is 2.69. The van der Waals surface area contributed by atoms with Gasteiger partial charge >= 0.3 is 5.97 Å². The molecule has 2 aromatic rings. The van der Waals surface area contributed by atoms with Crippen LogP contribution in [0.15, 0.2) is 36.5 Å². The minimum Gasteiger partial charge on any atom is -0.486 e. The first-order valence-electron chi connectivity index (χ1n) is 5.88. The third-order valence-electron chi connectivity index (χ3n) is 2.69. The number of nitrogens with zero attached hydrogens (tertiary/aromatic N) is 1. The Morgan fingerprint density at radius 1 is 1.33 bits per heavy atom. The molecule has 0 aliphatic heterocycles. The van der Waals surface area contributed by atoms with E-state index in [9.17, 15) is 14.0 Å². The van der Waals surface area contributed by atoms with Crippen molar-refractivity contribution in [2.24, 2.45) is 5.73 Å². The van der Waals surface area contributed by atoms with E-state index >= 15 is 0 Å². The zero-order valence-electron chi connectivity index (χ0n) is 10.7. The van der Waals surface area contributed by atoms with Gasteiger partial charge in [0.25, 0.3) is 0 Å². The van der Waals surface area contributed by atoms with E-state index in [4.69, 9.17) is 15.6 Å². The molecule has 0 saturated heterocycles. The van der Waals surface area contributed by atoms with Crippen LogP contribution in [0.2, 0.25) is 0 Å². The second-order valence-corrected chi connectivity index (χ2v) is 4.11. The van der Waals surface area contributed by atoms with E-state index in [-0.39, 0.29) is 29.2 Å². The van der Waals surface area contributed by atoms with E-state index in [2.05, 4.69) is 4.98 Å². The summed E-state index contributed by atoms with van der Waals surface area (Å²) in [5.74, 6) is -2.60. The molecular formula is C14H11FN2O4. The van der Waals surface area contributed by atoms with Crippen LogP contribution in [-0.4, -0.2) is 22.0 Å². The van der Waals surface area contributed by atoms with Gasteiger partial charge in [-0.15, -0.1) is 0 Å². The number of halogens is 1. The number of ether oxygens (including phenoxy) is 1. The van der Waals surface area contributed by atoms with Crippen molar-refractivity contribution in [1.29, 1.82) is 0 Å². The first-order valence-corrected chi connectivity index (χ1v) is 5.88. The lowest BCUT2D eigenvalue weighted by molar-refractivity contribution is 0.0684. The Morgan fingerprint density at radius 2 is 2.10 bits per heavy atom. The van der Waals surface area contributed by atoms with Gasteiger partial charge in [-0.3, -0.25) is 4.79 Å². The maximum Gasteiger partial charge on any atom is 0.358 e. The first-order chi connectivity index (χ1) is 9.99. The molecule has 6 nitrogen and oxygen atoms in total. The number of carboxylic acid groups (broad SMARTS) is 1. The molecule has 0 unspecified atom stereocenters. The fraction of sp³-hybridized carbons (Fsp3) is 0.0714. The van der Waals surface area contributed by atoms with Crippen LogP contribution in [0, 0.1) is 5.82 Å². The van der Waals surface area contributed by atoms with Crippen LogP contribution in [0.1, 0.15) is 26.4 Å². The summed E-state index contributed by atoms with van der Waals surface area (Å²) in [6.45, 7) is -0.198. The van der Waals surface area contributed by atoms with E-state index in [1.165, 1.54) is 30.5 Å². The van der Waals surface area contributed by atoms with E-state index in [0.717, 1.165) is 6.07 Å². The fourth-order valence-corrected chi connectivity index (χ4v) is 1.64. The number of aromatic nitrogens is 1. The number of aromatic carboxylic acids is 1. The van der Waals surface area contributed by atoms with Crippen molar-refractivity contribution in [3.63, 3.8) is 0 Å². The van der Waals surface area contributed by atoms with Crippen molar-refractivity contribution in [2.45, 2.75) is 6.61 Å². The van der Waals surface area contributed by atoms with Crippen molar-refractivity contribution < 1.29 is 23.8 Å². The van der Waals surface area contributed by atoms with Crippen LogP contribution >= 0.6 is 0 Å². The fourth-order valence-electron chi connectivity index (χ4n) is 1.64. The van der Waals surface area contributed by atoms with E-state index < -0.39 is 17.7 Å². The van der Waals surface area contributed by atoms with E-state index in [1.807, 2.05) is 0 Å². The van der Waals surface area contributed by atoms with Crippen molar-refractivity contribution >= 4 is 11.9 Å². The highest BCUT2D eigenvalue weighted by atomic mass is 19.1. The summed E-state index contributed by atoms with van der Waals surface area (Å²) in [7, 11) is 0. The standard InChI is InChI=1S/C14H11FN2O4/c15-10-6-8(13(16)18)3-4-9(10)7-21-11-2-1-5-17-12(11)14(19)20/h1-6H,7H2,(H2,16,18)(H,19,20). The Hall–Kier alpha value is -2.96. The van der Waals surface area contributed by atoms with Gasteiger partial charge in [-0.1, -0.05) is 6.07 Å². The minimum atomic E-state index is -1.24. The van der Waals surface area contributed by atoms with Gasteiger partial charge in [-0.2, -0.15) is 0 Å². The average Bonchev–Trinajstić information content (AvgIpc) is 2.46. The molecule has 0 radical (unpaired) electrons. The highest BCUT2D eigenvalue weighted by Crippen LogP contribution is 2.18. The Morgan fingerprint density at radius 3 is 2.71 bits per heavy atom. The lowest BCUT2D eigenvalue weighted by Crippen LogP contribution is -2.12. The van der Waals surface area contributed by atoms with Gasteiger partial charge in [0.05, 0.1) is 0 Å². The van der Waals surface area contributed by atoms with E-state index in [0.29, 0.717) is 0 Å².